The standard InChI is InChI=1S/C16H23ClN2O/c1-12-7-8-13(17)11-15(12)19-16(20)9-10-18-14-5-3-2-4-6-14/h7-8,11,14,18H,2-6,9-10H2,1H3,(H,19,20). The molecule has 0 aliphatic heterocycles. The van der Waals surface area contributed by atoms with Gasteiger partial charge in [-0.2, -0.15) is 0 Å². The Balaban J connectivity index is 1.73. The normalized spacial score (nSPS) is 16.1. The third kappa shape index (κ3) is 4.80. The molecule has 1 fully saturated rings. The largest absolute Gasteiger partial charge is 0.326 e. The van der Waals surface area contributed by atoms with Crippen molar-refractivity contribution in [1.82, 2.24) is 5.32 Å². The summed E-state index contributed by atoms with van der Waals surface area (Å²) in [6, 6.07) is 6.14. The van der Waals surface area contributed by atoms with Gasteiger partial charge in [0.05, 0.1) is 0 Å². The maximum atomic E-state index is 11.9. The van der Waals surface area contributed by atoms with Crippen LogP contribution in [0.3, 0.4) is 0 Å². The van der Waals surface area contributed by atoms with Crippen LogP contribution < -0.4 is 10.6 Å². The fourth-order valence-corrected chi connectivity index (χ4v) is 2.81. The lowest BCUT2D eigenvalue weighted by atomic mass is 9.95. The molecular weight excluding hydrogens is 272 g/mol. The van der Waals surface area contributed by atoms with Crippen LogP contribution in [0.15, 0.2) is 18.2 Å². The molecule has 4 heteroatoms. The van der Waals surface area contributed by atoms with Gasteiger partial charge in [-0.25, -0.2) is 0 Å². The van der Waals surface area contributed by atoms with E-state index in [2.05, 4.69) is 10.6 Å². The van der Waals surface area contributed by atoms with Gasteiger partial charge in [-0.05, 0) is 37.5 Å². The lowest BCUT2D eigenvalue weighted by molar-refractivity contribution is -0.116. The number of benzene rings is 1. The highest BCUT2D eigenvalue weighted by atomic mass is 35.5. The van der Waals surface area contributed by atoms with E-state index in [1.165, 1.54) is 32.1 Å². The Morgan fingerprint density at radius 1 is 1.30 bits per heavy atom. The molecule has 0 spiro atoms. The molecule has 0 atom stereocenters. The van der Waals surface area contributed by atoms with E-state index in [-0.39, 0.29) is 5.91 Å². The molecule has 1 amide bonds. The van der Waals surface area contributed by atoms with Crippen molar-refractivity contribution in [2.24, 2.45) is 0 Å². The van der Waals surface area contributed by atoms with Gasteiger partial charge in [0, 0.05) is 29.7 Å². The van der Waals surface area contributed by atoms with Gasteiger partial charge in [0.1, 0.15) is 0 Å². The Kier molecular flexibility index (Phi) is 5.86. The lowest BCUT2D eigenvalue weighted by Gasteiger charge is -2.22. The quantitative estimate of drug-likeness (QED) is 0.865. The smallest absolute Gasteiger partial charge is 0.225 e. The number of hydrogen-bond donors (Lipinski definition) is 2. The summed E-state index contributed by atoms with van der Waals surface area (Å²) >= 11 is 5.94. The topological polar surface area (TPSA) is 41.1 Å². The van der Waals surface area contributed by atoms with E-state index in [9.17, 15) is 4.79 Å². The van der Waals surface area contributed by atoms with E-state index in [0.717, 1.165) is 17.8 Å². The summed E-state index contributed by atoms with van der Waals surface area (Å²) in [4.78, 5) is 11.9. The minimum atomic E-state index is 0.0404. The Morgan fingerprint density at radius 2 is 2.05 bits per heavy atom. The Hall–Kier alpha value is -1.06. The number of carbonyl (C=O) groups is 1. The molecule has 2 N–H and O–H groups in total. The third-order valence-corrected chi connectivity index (χ3v) is 4.10. The van der Waals surface area contributed by atoms with Gasteiger partial charge in [-0.1, -0.05) is 36.9 Å². The highest BCUT2D eigenvalue weighted by Crippen LogP contribution is 2.20. The molecule has 0 saturated heterocycles. The first-order valence-electron chi connectivity index (χ1n) is 7.44. The number of aryl methyl sites for hydroxylation is 1. The molecule has 2 rings (SSSR count). The molecule has 110 valence electrons. The van der Waals surface area contributed by atoms with Crippen LogP contribution in [-0.4, -0.2) is 18.5 Å². The molecule has 1 aromatic carbocycles. The monoisotopic (exact) mass is 294 g/mol. The number of hydrogen-bond acceptors (Lipinski definition) is 2. The first-order chi connectivity index (χ1) is 9.65. The van der Waals surface area contributed by atoms with E-state index < -0.39 is 0 Å². The summed E-state index contributed by atoms with van der Waals surface area (Å²) in [5.41, 5.74) is 1.84. The summed E-state index contributed by atoms with van der Waals surface area (Å²) in [7, 11) is 0. The molecule has 1 aliphatic rings. The number of amides is 1. The zero-order chi connectivity index (χ0) is 14.4. The number of carbonyl (C=O) groups excluding carboxylic acids is 1. The highest BCUT2D eigenvalue weighted by Gasteiger charge is 2.13. The molecule has 0 unspecified atom stereocenters. The van der Waals surface area contributed by atoms with Crippen molar-refractivity contribution < 1.29 is 4.79 Å². The fraction of sp³-hybridized carbons (Fsp3) is 0.562. The van der Waals surface area contributed by atoms with Crippen LogP contribution in [0.2, 0.25) is 5.02 Å². The fourth-order valence-electron chi connectivity index (χ4n) is 2.64. The second kappa shape index (κ2) is 7.65. The maximum absolute atomic E-state index is 11.9. The molecule has 3 nitrogen and oxygen atoms in total. The molecule has 20 heavy (non-hydrogen) atoms. The molecule has 0 radical (unpaired) electrons. The predicted molar refractivity (Wildman–Crippen MR) is 84.3 cm³/mol. The highest BCUT2D eigenvalue weighted by molar-refractivity contribution is 6.31. The molecular formula is C16H23ClN2O. The van der Waals surface area contributed by atoms with Gasteiger partial charge in [0.15, 0.2) is 0 Å². The van der Waals surface area contributed by atoms with Crippen LogP contribution in [0.1, 0.15) is 44.1 Å². The summed E-state index contributed by atoms with van der Waals surface area (Å²) < 4.78 is 0. The first kappa shape index (κ1) is 15.3. The molecule has 0 aromatic heterocycles. The van der Waals surface area contributed by atoms with E-state index >= 15 is 0 Å². The zero-order valence-electron chi connectivity index (χ0n) is 12.0. The number of nitrogens with one attached hydrogen (secondary N) is 2. The van der Waals surface area contributed by atoms with Crippen LogP contribution in [0, 0.1) is 6.92 Å². The van der Waals surface area contributed by atoms with E-state index in [4.69, 9.17) is 11.6 Å². The molecule has 1 aliphatic carbocycles. The third-order valence-electron chi connectivity index (χ3n) is 3.86. The minimum Gasteiger partial charge on any atom is -0.326 e. The second-order valence-corrected chi connectivity index (χ2v) is 5.98. The zero-order valence-corrected chi connectivity index (χ0v) is 12.8. The van der Waals surface area contributed by atoms with Gasteiger partial charge in [0.25, 0.3) is 0 Å². The first-order valence-corrected chi connectivity index (χ1v) is 7.82. The summed E-state index contributed by atoms with van der Waals surface area (Å²) in [6.45, 7) is 2.71. The lowest BCUT2D eigenvalue weighted by Crippen LogP contribution is -2.33. The van der Waals surface area contributed by atoms with Gasteiger partial charge >= 0.3 is 0 Å². The Bertz CT molecular complexity index is 456. The number of rotatable bonds is 5. The van der Waals surface area contributed by atoms with Crippen molar-refractivity contribution in [3.05, 3.63) is 28.8 Å². The van der Waals surface area contributed by atoms with Crippen molar-refractivity contribution in [2.45, 2.75) is 51.5 Å². The molecule has 0 heterocycles. The van der Waals surface area contributed by atoms with Crippen molar-refractivity contribution in [1.29, 1.82) is 0 Å². The average molecular weight is 295 g/mol. The minimum absolute atomic E-state index is 0.0404. The van der Waals surface area contributed by atoms with Crippen molar-refractivity contribution in [3.63, 3.8) is 0 Å². The van der Waals surface area contributed by atoms with Gasteiger partial charge < -0.3 is 10.6 Å². The average Bonchev–Trinajstić information content (AvgIpc) is 2.44. The predicted octanol–water partition coefficient (Wildman–Crippen LogP) is 3.90. The van der Waals surface area contributed by atoms with Crippen LogP contribution in [0.4, 0.5) is 5.69 Å². The van der Waals surface area contributed by atoms with E-state index in [1.807, 2.05) is 19.1 Å². The van der Waals surface area contributed by atoms with Gasteiger partial charge in [0.2, 0.25) is 5.91 Å². The van der Waals surface area contributed by atoms with Crippen LogP contribution in [-0.2, 0) is 4.79 Å². The van der Waals surface area contributed by atoms with Crippen LogP contribution in [0.25, 0.3) is 0 Å². The van der Waals surface area contributed by atoms with Gasteiger partial charge in [-0.15, -0.1) is 0 Å². The Labute approximate surface area is 126 Å². The summed E-state index contributed by atoms with van der Waals surface area (Å²) in [5, 5.41) is 7.05. The van der Waals surface area contributed by atoms with Gasteiger partial charge in [-0.3, -0.25) is 4.79 Å². The Morgan fingerprint density at radius 3 is 2.80 bits per heavy atom. The van der Waals surface area contributed by atoms with Crippen molar-refractivity contribution in [3.8, 4) is 0 Å². The second-order valence-electron chi connectivity index (χ2n) is 5.55. The van der Waals surface area contributed by atoms with Crippen molar-refractivity contribution >= 4 is 23.2 Å². The van der Waals surface area contributed by atoms with Crippen LogP contribution in [0.5, 0.6) is 0 Å². The number of anilines is 1. The SMILES string of the molecule is Cc1ccc(Cl)cc1NC(=O)CCNC1CCCCC1. The summed E-state index contributed by atoms with van der Waals surface area (Å²) in [5.74, 6) is 0.0404. The summed E-state index contributed by atoms with van der Waals surface area (Å²) in [6.07, 6.45) is 6.97. The molecule has 1 aromatic rings. The molecule has 0 bridgehead atoms. The van der Waals surface area contributed by atoms with Crippen LogP contribution >= 0.6 is 11.6 Å². The van der Waals surface area contributed by atoms with E-state index in [1.54, 1.807) is 6.07 Å². The van der Waals surface area contributed by atoms with E-state index in [0.29, 0.717) is 17.5 Å². The maximum Gasteiger partial charge on any atom is 0.225 e. The molecule has 1 saturated carbocycles. The van der Waals surface area contributed by atoms with Crippen molar-refractivity contribution in [2.75, 3.05) is 11.9 Å². The number of halogens is 1.